The lowest BCUT2D eigenvalue weighted by atomic mass is 10.1. The van der Waals surface area contributed by atoms with Crippen LogP contribution in [0.1, 0.15) is 33.6 Å². The summed E-state index contributed by atoms with van der Waals surface area (Å²) in [5, 5.41) is 11.4. The first-order valence-electron chi connectivity index (χ1n) is 5.99. The third-order valence-electron chi connectivity index (χ3n) is 2.60. The second-order valence-electron chi connectivity index (χ2n) is 5.35. The molecule has 0 saturated carbocycles. The molecule has 1 heterocycles. The van der Waals surface area contributed by atoms with Crippen LogP contribution in [0.15, 0.2) is 0 Å². The number of likely N-dealkylation sites (tertiary alicyclic amines) is 1. The van der Waals surface area contributed by atoms with Gasteiger partial charge in [-0.25, -0.2) is 4.79 Å². The third-order valence-corrected chi connectivity index (χ3v) is 2.60. The molecule has 0 aromatic carbocycles. The lowest BCUT2D eigenvalue weighted by Gasteiger charge is -2.31. The summed E-state index contributed by atoms with van der Waals surface area (Å²) in [7, 11) is 0. The van der Waals surface area contributed by atoms with Crippen LogP contribution in [-0.2, 0) is 4.74 Å². The Labute approximate surface area is 103 Å². The van der Waals surface area contributed by atoms with Crippen molar-refractivity contribution in [2.24, 2.45) is 0 Å². The van der Waals surface area contributed by atoms with Crippen LogP contribution in [-0.4, -0.2) is 42.3 Å². The topological polar surface area (TPSA) is 65.4 Å². The van der Waals surface area contributed by atoms with E-state index in [0.29, 0.717) is 6.54 Å². The molecule has 1 aliphatic heterocycles. The number of nitrogens with zero attached hydrogens (tertiary/aromatic N) is 2. The van der Waals surface area contributed by atoms with Crippen molar-refractivity contribution >= 4 is 6.09 Å². The number of rotatable bonds is 2. The summed E-state index contributed by atoms with van der Waals surface area (Å²) < 4.78 is 5.20. The Hall–Kier alpha value is -1.28. The van der Waals surface area contributed by atoms with E-state index in [1.807, 2.05) is 20.8 Å². The SMILES string of the molecule is CC(C)(C)OC(=O)NC1CCN(CC#N)CC1. The molecule has 0 unspecified atom stereocenters. The first-order valence-corrected chi connectivity index (χ1v) is 5.99. The van der Waals surface area contributed by atoms with Crippen molar-refractivity contribution < 1.29 is 9.53 Å². The smallest absolute Gasteiger partial charge is 0.407 e. The number of amides is 1. The predicted molar refractivity (Wildman–Crippen MR) is 64.4 cm³/mol. The van der Waals surface area contributed by atoms with Crippen molar-refractivity contribution in [1.29, 1.82) is 5.26 Å². The van der Waals surface area contributed by atoms with Gasteiger partial charge in [-0.15, -0.1) is 0 Å². The number of ether oxygens (including phenoxy) is 1. The number of nitriles is 1. The van der Waals surface area contributed by atoms with Crippen LogP contribution in [0.2, 0.25) is 0 Å². The zero-order valence-corrected chi connectivity index (χ0v) is 10.8. The summed E-state index contributed by atoms with van der Waals surface area (Å²) in [5.74, 6) is 0. The summed E-state index contributed by atoms with van der Waals surface area (Å²) in [6, 6.07) is 2.30. The van der Waals surface area contributed by atoms with E-state index >= 15 is 0 Å². The second-order valence-corrected chi connectivity index (χ2v) is 5.35. The standard InChI is InChI=1S/C12H21N3O2/c1-12(2,3)17-11(16)14-10-4-7-15(8-5-10)9-6-13/h10H,4-5,7-9H2,1-3H3,(H,14,16). The van der Waals surface area contributed by atoms with Crippen LogP contribution in [0.5, 0.6) is 0 Å². The molecular weight excluding hydrogens is 218 g/mol. The summed E-state index contributed by atoms with van der Waals surface area (Å²) in [6.45, 7) is 7.73. The van der Waals surface area contributed by atoms with Gasteiger partial charge in [0.15, 0.2) is 0 Å². The molecule has 1 fully saturated rings. The Balaban J connectivity index is 2.27. The lowest BCUT2D eigenvalue weighted by Crippen LogP contribution is -2.46. The maximum absolute atomic E-state index is 11.5. The molecule has 1 saturated heterocycles. The number of piperidine rings is 1. The average molecular weight is 239 g/mol. The number of hydrogen-bond acceptors (Lipinski definition) is 4. The van der Waals surface area contributed by atoms with Gasteiger partial charge in [0, 0.05) is 19.1 Å². The van der Waals surface area contributed by atoms with Gasteiger partial charge < -0.3 is 10.1 Å². The Morgan fingerprint density at radius 2 is 2.06 bits per heavy atom. The summed E-state index contributed by atoms with van der Waals surface area (Å²) in [6.07, 6.45) is 1.40. The van der Waals surface area contributed by atoms with Crippen molar-refractivity contribution in [3.8, 4) is 6.07 Å². The summed E-state index contributed by atoms with van der Waals surface area (Å²) in [5.41, 5.74) is -0.453. The fourth-order valence-corrected chi connectivity index (χ4v) is 1.81. The van der Waals surface area contributed by atoms with E-state index in [9.17, 15) is 4.79 Å². The molecule has 0 atom stereocenters. The number of alkyl carbamates (subject to hydrolysis) is 1. The lowest BCUT2D eigenvalue weighted by molar-refractivity contribution is 0.0481. The Kier molecular flexibility index (Phi) is 4.76. The number of hydrogen-bond donors (Lipinski definition) is 1. The van der Waals surface area contributed by atoms with Gasteiger partial charge in [0.05, 0.1) is 12.6 Å². The molecule has 0 aromatic heterocycles. The molecule has 5 nitrogen and oxygen atoms in total. The second kappa shape index (κ2) is 5.87. The van der Waals surface area contributed by atoms with Crippen LogP contribution in [0.3, 0.4) is 0 Å². The van der Waals surface area contributed by atoms with Crippen LogP contribution in [0.25, 0.3) is 0 Å². The zero-order valence-electron chi connectivity index (χ0n) is 10.8. The van der Waals surface area contributed by atoms with E-state index in [2.05, 4.69) is 16.3 Å². The molecular formula is C12H21N3O2. The molecule has 0 aromatic rings. The largest absolute Gasteiger partial charge is 0.444 e. The van der Waals surface area contributed by atoms with Crippen LogP contribution in [0.4, 0.5) is 4.79 Å². The van der Waals surface area contributed by atoms with E-state index in [0.717, 1.165) is 25.9 Å². The predicted octanol–water partition coefficient (Wildman–Crippen LogP) is 1.50. The quantitative estimate of drug-likeness (QED) is 0.742. The third kappa shape index (κ3) is 5.55. The maximum atomic E-state index is 11.5. The van der Waals surface area contributed by atoms with Crippen LogP contribution < -0.4 is 5.32 Å². The van der Waals surface area contributed by atoms with Crippen molar-refractivity contribution in [3.63, 3.8) is 0 Å². The van der Waals surface area contributed by atoms with E-state index in [-0.39, 0.29) is 12.1 Å². The molecule has 0 bridgehead atoms. The number of carbonyl (C=O) groups is 1. The highest BCUT2D eigenvalue weighted by molar-refractivity contribution is 5.68. The number of carbonyl (C=O) groups excluding carboxylic acids is 1. The van der Waals surface area contributed by atoms with E-state index in [4.69, 9.17) is 10.00 Å². The van der Waals surface area contributed by atoms with Crippen LogP contribution in [0, 0.1) is 11.3 Å². The molecule has 0 radical (unpaired) electrons. The zero-order chi connectivity index (χ0) is 12.9. The Bertz CT molecular complexity index is 296. The average Bonchev–Trinajstić information content (AvgIpc) is 2.18. The molecule has 0 aliphatic carbocycles. The fraction of sp³-hybridized carbons (Fsp3) is 0.833. The van der Waals surface area contributed by atoms with E-state index < -0.39 is 5.60 Å². The van der Waals surface area contributed by atoms with Gasteiger partial charge in [-0.1, -0.05) is 0 Å². The highest BCUT2D eigenvalue weighted by Crippen LogP contribution is 2.11. The monoisotopic (exact) mass is 239 g/mol. The van der Waals surface area contributed by atoms with Gasteiger partial charge >= 0.3 is 6.09 Å². The van der Waals surface area contributed by atoms with E-state index in [1.54, 1.807) is 0 Å². The molecule has 17 heavy (non-hydrogen) atoms. The van der Waals surface area contributed by atoms with Crippen molar-refractivity contribution in [2.45, 2.75) is 45.3 Å². The first-order chi connectivity index (χ1) is 7.90. The molecule has 0 spiro atoms. The van der Waals surface area contributed by atoms with Gasteiger partial charge in [0.25, 0.3) is 0 Å². The highest BCUT2D eigenvalue weighted by Gasteiger charge is 2.23. The minimum absolute atomic E-state index is 0.166. The van der Waals surface area contributed by atoms with E-state index in [1.165, 1.54) is 0 Å². The maximum Gasteiger partial charge on any atom is 0.407 e. The van der Waals surface area contributed by atoms with Crippen molar-refractivity contribution in [3.05, 3.63) is 0 Å². The summed E-state index contributed by atoms with van der Waals surface area (Å²) >= 11 is 0. The van der Waals surface area contributed by atoms with Gasteiger partial charge in [-0.3, -0.25) is 4.90 Å². The Morgan fingerprint density at radius 1 is 1.47 bits per heavy atom. The minimum atomic E-state index is -0.453. The fourth-order valence-electron chi connectivity index (χ4n) is 1.81. The van der Waals surface area contributed by atoms with Crippen LogP contribution >= 0.6 is 0 Å². The van der Waals surface area contributed by atoms with Crippen molar-refractivity contribution in [2.75, 3.05) is 19.6 Å². The molecule has 5 heteroatoms. The normalized spacial score (nSPS) is 18.5. The minimum Gasteiger partial charge on any atom is -0.444 e. The first kappa shape index (κ1) is 13.8. The van der Waals surface area contributed by atoms with Crippen molar-refractivity contribution in [1.82, 2.24) is 10.2 Å². The Morgan fingerprint density at radius 3 is 2.53 bits per heavy atom. The van der Waals surface area contributed by atoms with Gasteiger partial charge in [-0.2, -0.15) is 5.26 Å². The molecule has 1 aliphatic rings. The summed E-state index contributed by atoms with van der Waals surface area (Å²) in [4.78, 5) is 13.6. The highest BCUT2D eigenvalue weighted by atomic mass is 16.6. The van der Waals surface area contributed by atoms with Gasteiger partial charge in [0.2, 0.25) is 0 Å². The molecule has 1 N–H and O–H groups in total. The number of nitrogens with one attached hydrogen (secondary N) is 1. The van der Waals surface area contributed by atoms with Gasteiger partial charge in [-0.05, 0) is 33.6 Å². The van der Waals surface area contributed by atoms with Gasteiger partial charge in [0.1, 0.15) is 5.60 Å². The molecule has 1 amide bonds. The molecule has 1 rings (SSSR count). The molecule has 96 valence electrons.